The molecule has 0 radical (unpaired) electrons. The highest BCUT2D eigenvalue weighted by Gasteiger charge is 2.37. The summed E-state index contributed by atoms with van der Waals surface area (Å²) in [6.45, 7) is 0.340. The number of ether oxygens (including phenoxy) is 1. The number of hydrogen-bond acceptors (Lipinski definition) is 3. The van der Waals surface area contributed by atoms with Gasteiger partial charge in [0.05, 0.1) is 0 Å². The van der Waals surface area contributed by atoms with Crippen LogP contribution in [0.25, 0.3) is 0 Å². The van der Waals surface area contributed by atoms with Crippen molar-refractivity contribution < 1.29 is 14.3 Å². The zero-order valence-corrected chi connectivity index (χ0v) is 13.5. The van der Waals surface area contributed by atoms with E-state index >= 15 is 0 Å². The Labute approximate surface area is 137 Å². The lowest BCUT2D eigenvalue weighted by molar-refractivity contribution is -0.145. The molecule has 23 heavy (non-hydrogen) atoms. The average Bonchev–Trinajstić information content (AvgIpc) is 2.59. The summed E-state index contributed by atoms with van der Waals surface area (Å²) in [6.07, 6.45) is 6.44. The molecule has 1 aromatic carbocycles. The number of benzene rings is 1. The highest BCUT2D eigenvalue weighted by Crippen LogP contribution is 2.36. The zero-order chi connectivity index (χ0) is 16.1. The lowest BCUT2D eigenvalue weighted by Crippen LogP contribution is -2.51. The zero-order valence-electron chi connectivity index (χ0n) is 13.5. The third-order valence-electron chi connectivity index (χ3n) is 5.20. The molecule has 2 aliphatic rings. The van der Waals surface area contributed by atoms with Crippen LogP contribution in [-0.4, -0.2) is 17.9 Å². The first kappa shape index (κ1) is 16.0. The molecule has 1 aliphatic carbocycles. The molecular formula is C19H25NO3. The average molecular weight is 315 g/mol. The van der Waals surface area contributed by atoms with E-state index in [1.165, 1.54) is 12.8 Å². The van der Waals surface area contributed by atoms with Crippen molar-refractivity contribution in [1.82, 2.24) is 5.32 Å². The standard InChI is InChI=1S/C19H25NO3/c21-17-11-9-15-7-4-8-16(19(15)20-17)10-12-18(22)23-13-14-5-2-1-3-6-14/h1-3,5-6,15-16,19H,4,7-13H2,(H,20,21). The highest BCUT2D eigenvalue weighted by atomic mass is 16.5. The minimum atomic E-state index is -0.141. The summed E-state index contributed by atoms with van der Waals surface area (Å²) < 4.78 is 5.35. The Morgan fingerprint density at radius 3 is 2.83 bits per heavy atom. The molecule has 1 saturated carbocycles. The number of amides is 1. The van der Waals surface area contributed by atoms with Crippen LogP contribution in [0.5, 0.6) is 0 Å². The van der Waals surface area contributed by atoms with Gasteiger partial charge in [-0.3, -0.25) is 9.59 Å². The first-order chi connectivity index (χ1) is 11.2. The maximum absolute atomic E-state index is 12.0. The quantitative estimate of drug-likeness (QED) is 0.849. The van der Waals surface area contributed by atoms with Crippen LogP contribution in [0.15, 0.2) is 30.3 Å². The number of piperidine rings is 1. The molecule has 0 spiro atoms. The molecule has 1 heterocycles. The lowest BCUT2D eigenvalue weighted by atomic mass is 9.71. The molecule has 0 bridgehead atoms. The van der Waals surface area contributed by atoms with Crippen molar-refractivity contribution in [3.63, 3.8) is 0 Å². The number of fused-ring (bicyclic) bond motifs is 1. The molecule has 1 saturated heterocycles. The van der Waals surface area contributed by atoms with Crippen LogP contribution in [0, 0.1) is 11.8 Å². The Morgan fingerprint density at radius 2 is 2.00 bits per heavy atom. The summed E-state index contributed by atoms with van der Waals surface area (Å²) >= 11 is 0. The second-order valence-corrected chi connectivity index (χ2v) is 6.77. The summed E-state index contributed by atoms with van der Waals surface area (Å²) in [5.74, 6) is 1.05. The van der Waals surface area contributed by atoms with E-state index in [9.17, 15) is 9.59 Å². The number of nitrogens with one attached hydrogen (secondary N) is 1. The molecule has 124 valence electrons. The Kier molecular flexibility index (Phi) is 5.31. The number of esters is 1. The van der Waals surface area contributed by atoms with E-state index in [4.69, 9.17) is 4.74 Å². The molecule has 4 nitrogen and oxygen atoms in total. The second kappa shape index (κ2) is 7.62. The van der Waals surface area contributed by atoms with Crippen molar-refractivity contribution >= 4 is 11.9 Å². The van der Waals surface area contributed by atoms with Gasteiger partial charge in [-0.25, -0.2) is 0 Å². The normalized spacial score (nSPS) is 27.0. The Balaban J connectivity index is 1.45. The molecule has 1 N–H and O–H groups in total. The molecule has 1 amide bonds. The first-order valence-electron chi connectivity index (χ1n) is 8.71. The van der Waals surface area contributed by atoms with Crippen molar-refractivity contribution in [3.8, 4) is 0 Å². The minimum Gasteiger partial charge on any atom is -0.461 e. The van der Waals surface area contributed by atoms with E-state index in [0.717, 1.165) is 24.8 Å². The summed E-state index contributed by atoms with van der Waals surface area (Å²) in [7, 11) is 0. The van der Waals surface area contributed by atoms with Crippen molar-refractivity contribution in [2.45, 2.75) is 57.6 Å². The molecule has 1 aromatic rings. The van der Waals surface area contributed by atoms with Gasteiger partial charge in [0.15, 0.2) is 0 Å². The van der Waals surface area contributed by atoms with Gasteiger partial charge in [-0.15, -0.1) is 0 Å². The summed E-state index contributed by atoms with van der Waals surface area (Å²) in [5, 5.41) is 3.16. The van der Waals surface area contributed by atoms with Crippen LogP contribution in [0.3, 0.4) is 0 Å². The SMILES string of the molecule is O=C1CCC2CCCC(CCC(=O)OCc3ccccc3)C2N1. The number of carbonyl (C=O) groups is 2. The third-order valence-corrected chi connectivity index (χ3v) is 5.20. The van der Waals surface area contributed by atoms with Gasteiger partial charge in [0.1, 0.15) is 6.61 Å². The fourth-order valence-corrected chi connectivity index (χ4v) is 3.96. The monoisotopic (exact) mass is 315 g/mol. The highest BCUT2D eigenvalue weighted by molar-refractivity contribution is 5.77. The van der Waals surface area contributed by atoms with Gasteiger partial charge in [0, 0.05) is 18.9 Å². The van der Waals surface area contributed by atoms with Crippen LogP contribution < -0.4 is 5.32 Å². The van der Waals surface area contributed by atoms with Crippen LogP contribution in [-0.2, 0) is 20.9 Å². The maximum Gasteiger partial charge on any atom is 0.306 e. The first-order valence-corrected chi connectivity index (χ1v) is 8.71. The summed E-state index contributed by atoms with van der Waals surface area (Å²) in [5.41, 5.74) is 1.01. The van der Waals surface area contributed by atoms with Gasteiger partial charge >= 0.3 is 5.97 Å². The van der Waals surface area contributed by atoms with Crippen LogP contribution in [0.1, 0.15) is 50.5 Å². The van der Waals surface area contributed by atoms with Crippen molar-refractivity contribution in [2.24, 2.45) is 11.8 Å². The van der Waals surface area contributed by atoms with E-state index in [0.29, 0.717) is 31.3 Å². The molecule has 3 unspecified atom stereocenters. The van der Waals surface area contributed by atoms with Crippen LogP contribution >= 0.6 is 0 Å². The Hall–Kier alpha value is -1.84. The van der Waals surface area contributed by atoms with E-state index in [1.807, 2.05) is 30.3 Å². The third kappa shape index (κ3) is 4.34. The fourth-order valence-electron chi connectivity index (χ4n) is 3.96. The largest absolute Gasteiger partial charge is 0.461 e. The summed E-state index contributed by atoms with van der Waals surface area (Å²) in [4.78, 5) is 23.6. The number of hydrogen-bond donors (Lipinski definition) is 1. The predicted octanol–water partition coefficient (Wildman–Crippen LogP) is 3.20. The van der Waals surface area contributed by atoms with Crippen molar-refractivity contribution in [1.29, 1.82) is 0 Å². The van der Waals surface area contributed by atoms with Gasteiger partial charge in [0.25, 0.3) is 0 Å². The summed E-state index contributed by atoms with van der Waals surface area (Å²) in [6, 6.07) is 10.0. The molecule has 2 fully saturated rings. The number of carbonyl (C=O) groups excluding carboxylic acids is 2. The Bertz CT molecular complexity index is 543. The fraction of sp³-hybridized carbons (Fsp3) is 0.579. The van der Waals surface area contributed by atoms with E-state index in [-0.39, 0.29) is 17.9 Å². The maximum atomic E-state index is 12.0. The molecule has 3 atom stereocenters. The second-order valence-electron chi connectivity index (χ2n) is 6.77. The van der Waals surface area contributed by atoms with Gasteiger partial charge in [-0.05, 0) is 43.1 Å². The van der Waals surface area contributed by atoms with E-state index in [1.54, 1.807) is 0 Å². The van der Waals surface area contributed by atoms with Crippen molar-refractivity contribution in [2.75, 3.05) is 0 Å². The van der Waals surface area contributed by atoms with Gasteiger partial charge in [-0.1, -0.05) is 36.8 Å². The van der Waals surface area contributed by atoms with E-state index in [2.05, 4.69) is 5.32 Å². The molecule has 3 rings (SSSR count). The molecular weight excluding hydrogens is 290 g/mol. The predicted molar refractivity (Wildman–Crippen MR) is 87.5 cm³/mol. The van der Waals surface area contributed by atoms with Gasteiger partial charge in [-0.2, -0.15) is 0 Å². The van der Waals surface area contributed by atoms with Gasteiger partial charge < -0.3 is 10.1 Å². The van der Waals surface area contributed by atoms with Gasteiger partial charge in [0.2, 0.25) is 5.91 Å². The lowest BCUT2D eigenvalue weighted by Gasteiger charge is -2.41. The van der Waals surface area contributed by atoms with Crippen LogP contribution in [0.2, 0.25) is 0 Å². The number of rotatable bonds is 5. The molecule has 4 heteroatoms. The Morgan fingerprint density at radius 1 is 1.17 bits per heavy atom. The topological polar surface area (TPSA) is 55.4 Å². The minimum absolute atomic E-state index is 0.141. The van der Waals surface area contributed by atoms with Crippen molar-refractivity contribution in [3.05, 3.63) is 35.9 Å². The van der Waals surface area contributed by atoms with E-state index < -0.39 is 0 Å². The smallest absolute Gasteiger partial charge is 0.306 e. The molecule has 0 aromatic heterocycles. The molecule has 1 aliphatic heterocycles. The van der Waals surface area contributed by atoms with Crippen LogP contribution in [0.4, 0.5) is 0 Å².